The maximum atomic E-state index is 12.7. The van der Waals surface area contributed by atoms with Crippen LogP contribution < -0.4 is 0 Å². The molecule has 2 amide bonds. The minimum atomic E-state index is -3.54. The fourth-order valence-electron chi connectivity index (χ4n) is 4.19. The fraction of sp³-hybridized carbons (Fsp3) is 0.882. The van der Waals surface area contributed by atoms with Crippen LogP contribution in [0.15, 0.2) is 0 Å². The monoisotopic (exact) mass is 402 g/mol. The van der Waals surface area contributed by atoms with Gasteiger partial charge in [0.1, 0.15) is 0 Å². The Kier molecular flexibility index (Phi) is 6.09. The van der Waals surface area contributed by atoms with E-state index in [9.17, 15) is 18.0 Å². The standard InChI is InChI=1S/C17H30N4O5S/c1-13(22)19-6-4-14(5-7-19)20-10-15-16(11-20)26-8-9-27(24,25)21(15)12-17(23)18(2)3/h14-16H,4-12H2,1-3H3/t15-,16+/m1/s1. The normalized spacial score (nSPS) is 30.0. The van der Waals surface area contributed by atoms with E-state index in [1.54, 1.807) is 21.0 Å². The van der Waals surface area contributed by atoms with Gasteiger partial charge in [0.15, 0.2) is 0 Å². The molecule has 0 aromatic carbocycles. The zero-order chi connectivity index (χ0) is 19.8. The lowest BCUT2D eigenvalue weighted by atomic mass is 10.0. The Morgan fingerprint density at radius 3 is 2.41 bits per heavy atom. The SMILES string of the molecule is CC(=O)N1CCC(N2C[C@@H]3OCCS(=O)(=O)N(CC(=O)N(C)C)[C@@H]3C2)CC1. The number of ether oxygens (including phenoxy) is 1. The van der Waals surface area contributed by atoms with Crippen molar-refractivity contribution < 1.29 is 22.7 Å². The van der Waals surface area contributed by atoms with Crippen molar-refractivity contribution in [1.29, 1.82) is 0 Å². The van der Waals surface area contributed by atoms with Gasteiger partial charge in [0.2, 0.25) is 21.8 Å². The van der Waals surface area contributed by atoms with Crippen LogP contribution in [0.4, 0.5) is 0 Å². The summed E-state index contributed by atoms with van der Waals surface area (Å²) in [7, 11) is -0.277. The molecule has 3 heterocycles. The Balaban J connectivity index is 1.71. The summed E-state index contributed by atoms with van der Waals surface area (Å²) >= 11 is 0. The number of hydrogen-bond donors (Lipinski definition) is 0. The number of hydrogen-bond acceptors (Lipinski definition) is 6. The van der Waals surface area contributed by atoms with E-state index >= 15 is 0 Å². The first-order valence-corrected chi connectivity index (χ1v) is 11.1. The zero-order valence-corrected chi connectivity index (χ0v) is 17.2. The maximum Gasteiger partial charge on any atom is 0.237 e. The molecule has 3 fully saturated rings. The minimum absolute atomic E-state index is 0.0856. The third-order valence-electron chi connectivity index (χ3n) is 5.88. The number of likely N-dealkylation sites (N-methyl/N-ethyl adjacent to an activating group) is 1. The molecule has 0 N–H and O–H groups in total. The van der Waals surface area contributed by atoms with Crippen LogP contribution in [0.5, 0.6) is 0 Å². The Bertz CT molecular complexity index is 675. The summed E-state index contributed by atoms with van der Waals surface area (Å²) in [5.74, 6) is -0.215. The Labute approximate surface area is 161 Å². The highest BCUT2D eigenvalue weighted by atomic mass is 32.2. The average molecular weight is 403 g/mol. The Morgan fingerprint density at radius 2 is 1.81 bits per heavy atom. The summed E-state index contributed by atoms with van der Waals surface area (Å²) in [5.41, 5.74) is 0. The lowest BCUT2D eigenvalue weighted by molar-refractivity contribution is -0.130. The minimum Gasteiger partial charge on any atom is -0.374 e. The number of fused-ring (bicyclic) bond motifs is 1. The molecule has 27 heavy (non-hydrogen) atoms. The smallest absolute Gasteiger partial charge is 0.237 e. The quantitative estimate of drug-likeness (QED) is 0.589. The number of amides is 2. The number of piperidine rings is 1. The first kappa shape index (κ1) is 20.5. The molecule has 3 aliphatic rings. The van der Waals surface area contributed by atoms with Crippen LogP contribution in [0.1, 0.15) is 19.8 Å². The molecule has 154 valence electrons. The van der Waals surface area contributed by atoms with Crippen molar-refractivity contribution in [3.63, 3.8) is 0 Å². The van der Waals surface area contributed by atoms with Crippen molar-refractivity contribution in [2.45, 2.75) is 38.0 Å². The van der Waals surface area contributed by atoms with Crippen molar-refractivity contribution in [3.05, 3.63) is 0 Å². The van der Waals surface area contributed by atoms with Gasteiger partial charge in [-0.15, -0.1) is 0 Å². The molecule has 0 aromatic heterocycles. The van der Waals surface area contributed by atoms with Crippen molar-refractivity contribution in [3.8, 4) is 0 Å². The van der Waals surface area contributed by atoms with Gasteiger partial charge in [-0.2, -0.15) is 4.31 Å². The fourth-order valence-corrected chi connectivity index (χ4v) is 5.65. The number of likely N-dealkylation sites (tertiary alicyclic amines) is 2. The summed E-state index contributed by atoms with van der Waals surface area (Å²) < 4.78 is 32.7. The van der Waals surface area contributed by atoms with E-state index < -0.39 is 10.0 Å². The molecular formula is C17H30N4O5S. The van der Waals surface area contributed by atoms with Crippen molar-refractivity contribution >= 4 is 21.8 Å². The van der Waals surface area contributed by atoms with Crippen LogP contribution in [-0.4, -0.2) is 117 Å². The Hall–Kier alpha value is -1.23. The largest absolute Gasteiger partial charge is 0.374 e. The molecule has 0 bridgehead atoms. The van der Waals surface area contributed by atoms with Crippen LogP contribution in [0.25, 0.3) is 0 Å². The number of rotatable bonds is 3. The maximum absolute atomic E-state index is 12.7. The van der Waals surface area contributed by atoms with Crippen LogP contribution >= 0.6 is 0 Å². The van der Waals surface area contributed by atoms with Crippen LogP contribution in [0.3, 0.4) is 0 Å². The highest BCUT2D eigenvalue weighted by Gasteiger charge is 2.46. The molecule has 0 spiro atoms. The van der Waals surface area contributed by atoms with Gasteiger partial charge in [-0.05, 0) is 12.8 Å². The molecule has 2 atom stereocenters. The third kappa shape index (κ3) is 4.44. The van der Waals surface area contributed by atoms with Gasteiger partial charge in [0, 0.05) is 53.2 Å². The molecule has 9 nitrogen and oxygen atoms in total. The zero-order valence-electron chi connectivity index (χ0n) is 16.3. The van der Waals surface area contributed by atoms with Gasteiger partial charge in [0.05, 0.1) is 31.1 Å². The molecule has 0 aromatic rings. The first-order chi connectivity index (χ1) is 12.7. The topological polar surface area (TPSA) is 90.5 Å². The summed E-state index contributed by atoms with van der Waals surface area (Å²) in [6, 6.07) is -0.0301. The summed E-state index contributed by atoms with van der Waals surface area (Å²) in [4.78, 5) is 29.3. The van der Waals surface area contributed by atoms with Crippen LogP contribution in [0, 0.1) is 0 Å². The second-order valence-electron chi connectivity index (χ2n) is 7.82. The summed E-state index contributed by atoms with van der Waals surface area (Å²) in [5, 5.41) is 0. The second kappa shape index (κ2) is 8.02. The molecular weight excluding hydrogens is 372 g/mol. The molecule has 3 saturated heterocycles. The first-order valence-electron chi connectivity index (χ1n) is 9.50. The average Bonchev–Trinajstić information content (AvgIpc) is 2.98. The third-order valence-corrected chi connectivity index (χ3v) is 7.68. The van der Waals surface area contributed by atoms with E-state index in [1.165, 1.54) is 9.21 Å². The molecule has 3 rings (SSSR count). The van der Waals surface area contributed by atoms with Gasteiger partial charge in [-0.1, -0.05) is 0 Å². The molecule has 0 saturated carbocycles. The predicted octanol–water partition coefficient (Wildman–Crippen LogP) is -1.20. The van der Waals surface area contributed by atoms with Gasteiger partial charge in [0.25, 0.3) is 0 Å². The van der Waals surface area contributed by atoms with Gasteiger partial charge >= 0.3 is 0 Å². The summed E-state index contributed by atoms with van der Waals surface area (Å²) in [6.07, 6.45) is 1.54. The molecule has 0 radical (unpaired) electrons. The van der Waals surface area contributed by atoms with E-state index in [2.05, 4.69) is 4.90 Å². The number of carbonyl (C=O) groups is 2. The molecule has 0 unspecified atom stereocenters. The molecule has 10 heteroatoms. The summed E-state index contributed by atoms with van der Waals surface area (Å²) in [6.45, 7) is 4.30. The van der Waals surface area contributed by atoms with Gasteiger partial charge in [-0.3, -0.25) is 14.5 Å². The van der Waals surface area contributed by atoms with Gasteiger partial charge < -0.3 is 14.5 Å². The van der Waals surface area contributed by atoms with E-state index in [0.29, 0.717) is 19.1 Å². The second-order valence-corrected chi connectivity index (χ2v) is 9.86. The van der Waals surface area contributed by atoms with Crippen molar-refractivity contribution in [2.24, 2.45) is 0 Å². The molecule has 3 aliphatic heterocycles. The van der Waals surface area contributed by atoms with E-state index in [-0.39, 0.29) is 42.9 Å². The highest BCUT2D eigenvalue weighted by molar-refractivity contribution is 7.89. The lowest BCUT2D eigenvalue weighted by Gasteiger charge is -2.36. The van der Waals surface area contributed by atoms with Crippen LogP contribution in [-0.2, 0) is 24.3 Å². The number of sulfonamides is 1. The molecule has 0 aliphatic carbocycles. The predicted molar refractivity (Wildman–Crippen MR) is 99.6 cm³/mol. The number of carbonyl (C=O) groups excluding carboxylic acids is 2. The van der Waals surface area contributed by atoms with Crippen molar-refractivity contribution in [2.75, 3.05) is 59.2 Å². The van der Waals surface area contributed by atoms with Crippen molar-refractivity contribution in [1.82, 2.24) is 19.0 Å². The van der Waals surface area contributed by atoms with Crippen LogP contribution in [0.2, 0.25) is 0 Å². The lowest BCUT2D eigenvalue weighted by Crippen LogP contribution is -2.50. The number of nitrogens with zero attached hydrogens (tertiary/aromatic N) is 4. The van der Waals surface area contributed by atoms with Gasteiger partial charge in [-0.25, -0.2) is 8.42 Å². The van der Waals surface area contributed by atoms with E-state index in [0.717, 1.165) is 25.9 Å². The van der Waals surface area contributed by atoms with E-state index in [4.69, 9.17) is 4.74 Å². The Morgan fingerprint density at radius 1 is 1.15 bits per heavy atom. The van der Waals surface area contributed by atoms with E-state index in [1.807, 2.05) is 4.90 Å². The highest BCUT2D eigenvalue weighted by Crippen LogP contribution is 2.29.